The van der Waals surface area contributed by atoms with Crippen LogP contribution in [0.15, 0.2) is 30.3 Å². The fourth-order valence-electron chi connectivity index (χ4n) is 1.04. The quantitative estimate of drug-likeness (QED) is 0.382. The van der Waals surface area contributed by atoms with Gasteiger partial charge in [-0.2, -0.15) is 0 Å². The molecule has 0 fully saturated rings. The average molecular weight is 188 g/mol. The highest BCUT2D eigenvalue weighted by molar-refractivity contribution is 5.88. The third-order valence-electron chi connectivity index (χ3n) is 1.88. The smallest absolute Gasteiger partial charge is 0.384 e. The molecular formula is C12H12O2. The molecule has 0 amide bonds. The van der Waals surface area contributed by atoms with Crippen LogP contribution in [-0.4, -0.2) is 13.1 Å². The number of methoxy groups -OCH3 is 1. The van der Waals surface area contributed by atoms with E-state index < -0.39 is 5.97 Å². The molecule has 0 aliphatic carbocycles. The fourth-order valence-corrected chi connectivity index (χ4v) is 1.04. The molecule has 2 nitrogen and oxygen atoms in total. The summed E-state index contributed by atoms with van der Waals surface area (Å²) in [5.41, 5.74) is 1.10. The molecule has 0 heterocycles. The van der Waals surface area contributed by atoms with E-state index in [1.165, 1.54) is 7.11 Å². The van der Waals surface area contributed by atoms with Crippen molar-refractivity contribution in [1.29, 1.82) is 0 Å². The summed E-state index contributed by atoms with van der Waals surface area (Å²) < 4.78 is 4.42. The van der Waals surface area contributed by atoms with Crippen molar-refractivity contribution < 1.29 is 9.53 Å². The summed E-state index contributed by atoms with van der Waals surface area (Å²) in [7, 11) is 1.32. The van der Waals surface area contributed by atoms with Crippen molar-refractivity contribution in [2.75, 3.05) is 7.11 Å². The second kappa shape index (κ2) is 5.08. The van der Waals surface area contributed by atoms with Crippen molar-refractivity contribution in [3.8, 4) is 11.8 Å². The molecule has 1 aromatic carbocycles. The summed E-state index contributed by atoms with van der Waals surface area (Å²) in [5.74, 6) is 4.80. The molecule has 2 heteroatoms. The minimum atomic E-state index is -0.493. The molecule has 1 unspecified atom stereocenters. The van der Waals surface area contributed by atoms with Crippen LogP contribution in [0, 0.1) is 11.8 Å². The largest absolute Gasteiger partial charge is 0.459 e. The van der Waals surface area contributed by atoms with E-state index in [9.17, 15) is 4.79 Å². The molecule has 0 aliphatic rings. The number of rotatable bonds is 1. The van der Waals surface area contributed by atoms with Gasteiger partial charge in [-0.15, -0.1) is 0 Å². The van der Waals surface area contributed by atoms with Gasteiger partial charge in [-0.1, -0.05) is 36.3 Å². The lowest BCUT2D eigenvalue weighted by Gasteiger charge is -2.02. The van der Waals surface area contributed by atoms with E-state index in [4.69, 9.17) is 0 Å². The summed E-state index contributed by atoms with van der Waals surface area (Å²) in [6.45, 7) is 1.95. The van der Waals surface area contributed by atoms with Crippen molar-refractivity contribution in [2.45, 2.75) is 12.8 Å². The maximum atomic E-state index is 10.8. The molecule has 1 rings (SSSR count). The van der Waals surface area contributed by atoms with Gasteiger partial charge in [0, 0.05) is 11.8 Å². The number of hydrogen-bond acceptors (Lipinski definition) is 2. The van der Waals surface area contributed by atoms with Crippen molar-refractivity contribution in [3.05, 3.63) is 35.9 Å². The van der Waals surface area contributed by atoms with E-state index in [-0.39, 0.29) is 5.92 Å². The standard InChI is InChI=1S/C12H12O2/c1-10(8-9-12(13)14-2)11-6-4-3-5-7-11/h3-7,10H,1-2H3. The Morgan fingerprint density at radius 1 is 1.36 bits per heavy atom. The van der Waals surface area contributed by atoms with Crippen LogP contribution in [0.2, 0.25) is 0 Å². The third kappa shape index (κ3) is 2.95. The molecule has 1 aromatic rings. The van der Waals surface area contributed by atoms with Gasteiger partial charge in [-0.05, 0) is 12.5 Å². The lowest BCUT2D eigenvalue weighted by atomic mass is 10.0. The maximum Gasteiger partial charge on any atom is 0.384 e. The monoisotopic (exact) mass is 188 g/mol. The van der Waals surface area contributed by atoms with Gasteiger partial charge in [0.2, 0.25) is 0 Å². The molecular weight excluding hydrogens is 176 g/mol. The van der Waals surface area contributed by atoms with Crippen LogP contribution < -0.4 is 0 Å². The first-order chi connectivity index (χ1) is 6.74. The first kappa shape index (κ1) is 10.3. The van der Waals surface area contributed by atoms with E-state index in [1.54, 1.807) is 0 Å². The summed E-state index contributed by atoms with van der Waals surface area (Å²) in [4.78, 5) is 10.8. The zero-order valence-corrected chi connectivity index (χ0v) is 8.28. The predicted molar refractivity (Wildman–Crippen MR) is 54.6 cm³/mol. The van der Waals surface area contributed by atoms with Gasteiger partial charge in [0.1, 0.15) is 0 Å². The Morgan fingerprint density at radius 3 is 2.57 bits per heavy atom. The van der Waals surface area contributed by atoms with Crippen molar-refractivity contribution >= 4 is 5.97 Å². The van der Waals surface area contributed by atoms with E-state index in [0.29, 0.717) is 0 Å². The van der Waals surface area contributed by atoms with Crippen LogP contribution in [-0.2, 0) is 9.53 Å². The molecule has 0 aliphatic heterocycles. The number of hydrogen-bond donors (Lipinski definition) is 0. The molecule has 0 saturated carbocycles. The molecule has 72 valence electrons. The molecule has 0 bridgehead atoms. The van der Waals surface area contributed by atoms with Crippen LogP contribution in [0.4, 0.5) is 0 Å². The predicted octanol–water partition coefficient (Wildman–Crippen LogP) is 1.97. The maximum absolute atomic E-state index is 10.8. The molecule has 1 atom stereocenters. The number of esters is 1. The highest BCUT2D eigenvalue weighted by Crippen LogP contribution is 2.12. The van der Waals surface area contributed by atoms with Crippen LogP contribution in [0.1, 0.15) is 18.4 Å². The first-order valence-corrected chi connectivity index (χ1v) is 4.38. The van der Waals surface area contributed by atoms with E-state index in [0.717, 1.165) is 5.56 Å². The Labute approximate surface area is 83.9 Å². The summed E-state index contributed by atoms with van der Waals surface area (Å²) in [6, 6.07) is 9.81. The zero-order chi connectivity index (χ0) is 10.4. The highest BCUT2D eigenvalue weighted by Gasteiger charge is 2.00. The molecule has 14 heavy (non-hydrogen) atoms. The number of benzene rings is 1. The van der Waals surface area contributed by atoms with Gasteiger partial charge in [-0.3, -0.25) is 0 Å². The van der Waals surface area contributed by atoms with Gasteiger partial charge >= 0.3 is 5.97 Å². The van der Waals surface area contributed by atoms with Crippen LogP contribution in [0.3, 0.4) is 0 Å². The molecule has 0 spiro atoms. The SMILES string of the molecule is COC(=O)C#CC(C)c1ccccc1. The lowest BCUT2D eigenvalue weighted by Crippen LogP contribution is -1.96. The lowest BCUT2D eigenvalue weighted by molar-refractivity contribution is -0.133. The second-order valence-electron chi connectivity index (χ2n) is 2.89. The normalized spacial score (nSPS) is 11.0. The summed E-state index contributed by atoms with van der Waals surface area (Å²) in [5, 5.41) is 0. The molecule has 0 N–H and O–H groups in total. The van der Waals surface area contributed by atoms with E-state index >= 15 is 0 Å². The van der Waals surface area contributed by atoms with Crippen LogP contribution in [0.5, 0.6) is 0 Å². The van der Waals surface area contributed by atoms with E-state index in [1.807, 2.05) is 37.3 Å². The average Bonchev–Trinajstić information content (AvgIpc) is 2.26. The Bertz CT molecular complexity index is 357. The third-order valence-corrected chi connectivity index (χ3v) is 1.88. The Morgan fingerprint density at radius 2 is 2.00 bits per heavy atom. The minimum absolute atomic E-state index is 0.0512. The first-order valence-electron chi connectivity index (χ1n) is 4.38. The summed E-state index contributed by atoms with van der Waals surface area (Å²) >= 11 is 0. The Kier molecular flexibility index (Phi) is 3.75. The van der Waals surface area contributed by atoms with Gasteiger partial charge in [0.25, 0.3) is 0 Å². The Hall–Kier alpha value is -1.75. The van der Waals surface area contributed by atoms with Crippen LogP contribution in [0.25, 0.3) is 0 Å². The highest BCUT2D eigenvalue weighted by atomic mass is 16.5. The van der Waals surface area contributed by atoms with Crippen molar-refractivity contribution in [1.82, 2.24) is 0 Å². The number of carbonyl (C=O) groups excluding carboxylic acids is 1. The van der Waals surface area contributed by atoms with Gasteiger partial charge in [0.15, 0.2) is 0 Å². The second-order valence-corrected chi connectivity index (χ2v) is 2.89. The molecule has 0 saturated heterocycles. The van der Waals surface area contributed by atoms with Crippen LogP contribution >= 0.6 is 0 Å². The van der Waals surface area contributed by atoms with Gasteiger partial charge in [0.05, 0.1) is 7.11 Å². The molecule has 0 aromatic heterocycles. The Balaban J connectivity index is 2.71. The van der Waals surface area contributed by atoms with Crippen molar-refractivity contribution in [2.24, 2.45) is 0 Å². The fraction of sp³-hybridized carbons (Fsp3) is 0.250. The van der Waals surface area contributed by atoms with Gasteiger partial charge in [-0.25, -0.2) is 4.79 Å². The minimum Gasteiger partial charge on any atom is -0.459 e. The topological polar surface area (TPSA) is 26.3 Å². The van der Waals surface area contributed by atoms with Crippen molar-refractivity contribution in [3.63, 3.8) is 0 Å². The van der Waals surface area contributed by atoms with E-state index in [2.05, 4.69) is 16.6 Å². The number of carbonyl (C=O) groups is 1. The molecule has 0 radical (unpaired) electrons. The summed E-state index contributed by atoms with van der Waals surface area (Å²) in [6.07, 6.45) is 0. The zero-order valence-electron chi connectivity index (χ0n) is 8.28. The number of ether oxygens (including phenoxy) is 1. The van der Waals surface area contributed by atoms with Gasteiger partial charge < -0.3 is 4.74 Å².